The largest absolute Gasteiger partial charge is 1.00 e. The molecule has 0 rings (SSSR count). The van der Waals surface area contributed by atoms with Crippen LogP contribution in [0.15, 0.2) is 0 Å². The molecule has 5 nitrogen and oxygen atoms in total. The topological polar surface area (TPSA) is 124 Å². The normalized spacial score (nSPS) is 6.00. The van der Waals surface area contributed by atoms with Crippen molar-refractivity contribution >= 4 is 9.05 Å². The minimum atomic E-state index is -5.61. The van der Waals surface area contributed by atoms with Crippen molar-refractivity contribution in [2.24, 2.45) is 0 Å². The molecule has 0 fully saturated rings. The van der Waals surface area contributed by atoms with Crippen molar-refractivity contribution in [1.29, 1.82) is 0 Å². The summed E-state index contributed by atoms with van der Waals surface area (Å²) in [6, 6.07) is 0. The average molecular weight is 452 g/mol. The van der Waals surface area contributed by atoms with Gasteiger partial charge in [0.15, 0.2) is 0 Å². The number of hydrogen-bond acceptors (Lipinski definition) is 4. The van der Waals surface area contributed by atoms with Crippen LogP contribution in [-0.4, -0.2) is 14.5 Å². The van der Waals surface area contributed by atoms with Crippen LogP contribution < -0.4 is 252 Å². The van der Waals surface area contributed by atoms with Gasteiger partial charge in [0.2, 0.25) is 0 Å². The smallest absolute Gasteiger partial charge is 0.894 e. The molecule has 0 heterocycles. The van der Waals surface area contributed by atoms with Gasteiger partial charge in [0.1, 0.15) is 0 Å². The predicted octanol–water partition coefficient (Wildman–Crippen LogP) is -17.9. The van der Waals surface area contributed by atoms with Gasteiger partial charge in [-0.05, 0) is 0 Å². The average Bonchev–Trinajstić information content (AvgIpc) is 0.722. The molecule has 0 bridgehead atoms. The SMILES string of the molecule is O.[O-][Si]([O-])([O-])[O-].[Rb+].[Rb+].[Rb+].[Rb+]. The van der Waals surface area contributed by atoms with E-state index in [-0.39, 0.29) is 238 Å². The van der Waals surface area contributed by atoms with Gasteiger partial charge in [0.05, 0.1) is 0 Å². The van der Waals surface area contributed by atoms with Gasteiger partial charge in [0.25, 0.3) is 0 Å². The Balaban J connectivity index is -0.00000000800. The molecule has 0 radical (unpaired) electrons. The first-order valence-corrected chi connectivity index (χ1v) is 2.45. The Morgan fingerprint density at radius 3 is 0.600 bits per heavy atom. The van der Waals surface area contributed by atoms with Crippen molar-refractivity contribution in [2.45, 2.75) is 0 Å². The van der Waals surface area contributed by atoms with Crippen LogP contribution in [0.25, 0.3) is 0 Å². The first-order valence-electron chi connectivity index (χ1n) is 0.816. The summed E-state index contributed by atoms with van der Waals surface area (Å²) < 4.78 is 0. The van der Waals surface area contributed by atoms with Crippen LogP contribution in [-0.2, 0) is 0 Å². The summed E-state index contributed by atoms with van der Waals surface area (Å²) in [5.41, 5.74) is 0. The minimum absolute atomic E-state index is 0. The second-order valence-electron chi connectivity index (χ2n) is 0.500. The molecule has 40 valence electrons. The van der Waals surface area contributed by atoms with Crippen LogP contribution in [0.2, 0.25) is 0 Å². The van der Waals surface area contributed by atoms with E-state index in [1.165, 1.54) is 0 Å². The summed E-state index contributed by atoms with van der Waals surface area (Å²) in [5, 5.41) is 0. The van der Waals surface area contributed by atoms with Gasteiger partial charge >= 0.3 is 233 Å². The molecule has 10 heavy (non-hydrogen) atoms. The first kappa shape index (κ1) is 36.0. The van der Waals surface area contributed by atoms with E-state index >= 15 is 0 Å². The second kappa shape index (κ2) is 21.5. The number of rotatable bonds is 0. The standard InChI is InChI=1S/O4Si.H2O.4Rb/c1-5(2,3)4;;;;;/h;1H2;;;;/q-4;;4*+1. The molecule has 2 N–H and O–H groups in total. The third-order valence-corrected chi connectivity index (χ3v) is 0. The van der Waals surface area contributed by atoms with Gasteiger partial charge in [0, 0.05) is 0 Å². The molecule has 0 saturated heterocycles. The summed E-state index contributed by atoms with van der Waals surface area (Å²) >= 11 is 0. The van der Waals surface area contributed by atoms with Crippen molar-refractivity contribution in [2.75, 3.05) is 0 Å². The monoisotopic (exact) mass is 450 g/mol. The molecule has 10 heteroatoms. The van der Waals surface area contributed by atoms with Gasteiger partial charge in [-0.2, -0.15) is 0 Å². The molecule has 0 aliphatic rings. The first-order chi connectivity index (χ1) is 2.00. The summed E-state index contributed by atoms with van der Waals surface area (Å²) in [4.78, 5) is 34.3. The molecule has 0 aliphatic heterocycles. The van der Waals surface area contributed by atoms with Crippen molar-refractivity contribution in [3.8, 4) is 0 Å². The van der Waals surface area contributed by atoms with E-state index in [4.69, 9.17) is 19.2 Å². The van der Waals surface area contributed by atoms with E-state index in [1.807, 2.05) is 0 Å². The van der Waals surface area contributed by atoms with Gasteiger partial charge in [-0.25, -0.2) is 0 Å². The van der Waals surface area contributed by atoms with Crippen LogP contribution >= 0.6 is 0 Å². The van der Waals surface area contributed by atoms with Crippen LogP contribution in [0.3, 0.4) is 0 Å². The Morgan fingerprint density at radius 2 is 0.600 bits per heavy atom. The fourth-order valence-electron chi connectivity index (χ4n) is 0. The molecular weight excluding hydrogens is 450 g/mol. The van der Waals surface area contributed by atoms with Gasteiger partial charge in [-0.1, -0.05) is 0 Å². The molecule has 0 unspecified atom stereocenters. The quantitative estimate of drug-likeness (QED) is 0.339. The molecule has 0 aliphatic carbocycles. The minimum Gasteiger partial charge on any atom is -0.894 e. The second-order valence-corrected chi connectivity index (χ2v) is 1.50. The van der Waals surface area contributed by atoms with Crippen LogP contribution in [0.1, 0.15) is 0 Å². The van der Waals surface area contributed by atoms with E-state index in [0.717, 1.165) is 0 Å². The summed E-state index contributed by atoms with van der Waals surface area (Å²) in [5.74, 6) is 0. The third-order valence-electron chi connectivity index (χ3n) is 0. The molecule has 0 aromatic rings. The van der Waals surface area contributed by atoms with E-state index in [9.17, 15) is 0 Å². The van der Waals surface area contributed by atoms with Crippen LogP contribution in [0, 0.1) is 0 Å². The van der Waals surface area contributed by atoms with Crippen molar-refractivity contribution < 1.29 is 257 Å². The molecule has 0 saturated carbocycles. The Morgan fingerprint density at radius 1 is 0.600 bits per heavy atom. The molecular formula is H2O5Rb4Si. The van der Waals surface area contributed by atoms with Crippen molar-refractivity contribution in [1.82, 2.24) is 0 Å². The fourth-order valence-corrected chi connectivity index (χ4v) is 0. The third kappa shape index (κ3) is 59.0. The van der Waals surface area contributed by atoms with Crippen molar-refractivity contribution in [3.63, 3.8) is 0 Å². The van der Waals surface area contributed by atoms with E-state index < -0.39 is 9.05 Å². The van der Waals surface area contributed by atoms with Gasteiger partial charge in [-0.3, -0.25) is 0 Å². The molecule has 0 aromatic heterocycles. The molecule has 0 atom stereocenters. The van der Waals surface area contributed by atoms with Crippen LogP contribution in [0.5, 0.6) is 0 Å². The van der Waals surface area contributed by atoms with Gasteiger partial charge < -0.3 is 33.7 Å². The molecule has 0 amide bonds. The summed E-state index contributed by atoms with van der Waals surface area (Å²) in [7, 11) is -5.61. The zero-order valence-corrected chi connectivity index (χ0v) is 27.3. The van der Waals surface area contributed by atoms with E-state index in [1.54, 1.807) is 0 Å². The zero-order chi connectivity index (χ0) is 4.50. The Kier molecular flexibility index (Phi) is 77.4. The Hall–Kier alpha value is 7.24. The summed E-state index contributed by atoms with van der Waals surface area (Å²) in [6.45, 7) is 0. The fraction of sp³-hybridized carbons (Fsp3) is 0. The van der Waals surface area contributed by atoms with Crippen LogP contribution in [0.4, 0.5) is 0 Å². The Labute approximate surface area is 256 Å². The van der Waals surface area contributed by atoms with E-state index in [0.29, 0.717) is 0 Å². The zero-order valence-electron chi connectivity index (χ0n) is 6.63. The maximum Gasteiger partial charge on any atom is 1.00 e. The van der Waals surface area contributed by atoms with Gasteiger partial charge in [-0.15, -0.1) is 0 Å². The predicted molar refractivity (Wildman–Crippen MR) is 9.37 cm³/mol. The maximum absolute atomic E-state index is 8.58. The molecule has 0 aromatic carbocycles. The maximum atomic E-state index is 8.58. The van der Waals surface area contributed by atoms with Crippen molar-refractivity contribution in [3.05, 3.63) is 0 Å². The van der Waals surface area contributed by atoms with E-state index in [2.05, 4.69) is 0 Å². The number of hydrogen-bond donors (Lipinski definition) is 0. The molecule has 0 spiro atoms. The summed E-state index contributed by atoms with van der Waals surface area (Å²) in [6.07, 6.45) is 0. The Bertz CT molecular complexity index is 29.1.